The maximum Gasteiger partial charge on any atom is 0.128 e. The zero-order chi connectivity index (χ0) is 11.5. The highest BCUT2D eigenvalue weighted by Gasteiger charge is 2.22. The zero-order valence-electron chi connectivity index (χ0n) is 9.00. The number of hydrogen-bond acceptors (Lipinski definition) is 3. The largest absolute Gasteiger partial charge is 0.467 e. The second kappa shape index (κ2) is 4.25. The van der Waals surface area contributed by atoms with E-state index in [4.69, 9.17) is 15.4 Å². The fourth-order valence-corrected chi connectivity index (χ4v) is 1.84. The molecule has 2 atom stereocenters. The molecule has 0 bridgehead atoms. The molecule has 2 heterocycles. The molecule has 0 aliphatic heterocycles. The molecule has 0 amide bonds. The second-order valence-corrected chi connectivity index (χ2v) is 3.73. The Hall–Kier alpha value is -1.99. The summed E-state index contributed by atoms with van der Waals surface area (Å²) >= 11 is 0. The molecule has 4 heteroatoms. The summed E-state index contributed by atoms with van der Waals surface area (Å²) in [6.45, 7) is 1.90. The molecule has 0 aliphatic carbocycles. The smallest absolute Gasteiger partial charge is 0.128 e. The van der Waals surface area contributed by atoms with Crippen LogP contribution in [0.4, 0.5) is 0 Å². The van der Waals surface area contributed by atoms with Gasteiger partial charge in [-0.25, -0.2) is 0 Å². The highest BCUT2D eigenvalue weighted by atomic mass is 16.3. The van der Waals surface area contributed by atoms with Gasteiger partial charge in [0.05, 0.1) is 6.26 Å². The molecule has 2 rings (SSSR count). The van der Waals surface area contributed by atoms with Crippen LogP contribution in [0.2, 0.25) is 0 Å². The van der Waals surface area contributed by atoms with Gasteiger partial charge < -0.3 is 14.7 Å². The molecule has 82 valence electrons. The fraction of sp³-hybridized carbons (Fsp3) is 0.250. The second-order valence-electron chi connectivity index (χ2n) is 3.73. The van der Waals surface area contributed by atoms with Gasteiger partial charge in [-0.05, 0) is 31.2 Å². The van der Waals surface area contributed by atoms with Crippen LogP contribution in [0.25, 0.3) is 0 Å². The van der Waals surface area contributed by atoms with Crippen molar-refractivity contribution >= 4 is 0 Å². The summed E-state index contributed by atoms with van der Waals surface area (Å²) in [5.41, 5.74) is 6.53. The molecule has 0 radical (unpaired) electrons. The van der Waals surface area contributed by atoms with Crippen LogP contribution in [-0.4, -0.2) is 10.6 Å². The van der Waals surface area contributed by atoms with E-state index in [9.17, 15) is 0 Å². The zero-order valence-corrected chi connectivity index (χ0v) is 9.00. The van der Waals surface area contributed by atoms with Crippen LogP contribution in [-0.2, 0) is 0 Å². The van der Waals surface area contributed by atoms with E-state index in [1.807, 2.05) is 35.9 Å². The molecule has 16 heavy (non-hydrogen) atoms. The van der Waals surface area contributed by atoms with Gasteiger partial charge in [0.2, 0.25) is 0 Å². The minimum Gasteiger partial charge on any atom is -0.467 e. The molecule has 0 spiro atoms. The van der Waals surface area contributed by atoms with E-state index in [-0.39, 0.29) is 12.1 Å². The topological polar surface area (TPSA) is 67.9 Å². The van der Waals surface area contributed by atoms with E-state index in [1.54, 1.807) is 12.3 Å². The van der Waals surface area contributed by atoms with Crippen LogP contribution >= 0.6 is 0 Å². The lowest BCUT2D eigenvalue weighted by Gasteiger charge is -2.21. The predicted molar refractivity (Wildman–Crippen MR) is 59.6 cm³/mol. The molecule has 0 fully saturated rings. The molecule has 0 saturated carbocycles. The van der Waals surface area contributed by atoms with Gasteiger partial charge in [-0.1, -0.05) is 0 Å². The summed E-state index contributed by atoms with van der Waals surface area (Å²) < 4.78 is 7.21. The van der Waals surface area contributed by atoms with E-state index in [2.05, 4.69) is 6.07 Å². The number of nitrogens with two attached hydrogens (primary N) is 1. The van der Waals surface area contributed by atoms with Gasteiger partial charge in [0.15, 0.2) is 0 Å². The van der Waals surface area contributed by atoms with Crippen molar-refractivity contribution in [1.82, 2.24) is 4.57 Å². The Labute approximate surface area is 93.9 Å². The van der Waals surface area contributed by atoms with Crippen molar-refractivity contribution in [3.63, 3.8) is 0 Å². The van der Waals surface area contributed by atoms with Crippen LogP contribution in [0.1, 0.15) is 24.4 Å². The summed E-state index contributed by atoms with van der Waals surface area (Å²) in [6.07, 6.45) is 3.45. The third-order valence-electron chi connectivity index (χ3n) is 2.53. The first kappa shape index (κ1) is 10.5. The number of aromatic nitrogens is 1. The molecular formula is C12H13N3O. The van der Waals surface area contributed by atoms with Crippen molar-refractivity contribution in [2.45, 2.75) is 19.0 Å². The maximum atomic E-state index is 8.99. The molecule has 2 unspecified atom stereocenters. The van der Waals surface area contributed by atoms with Crippen LogP contribution in [0.3, 0.4) is 0 Å². The van der Waals surface area contributed by atoms with Gasteiger partial charge in [0, 0.05) is 12.2 Å². The van der Waals surface area contributed by atoms with Crippen LogP contribution in [0.15, 0.2) is 41.1 Å². The van der Waals surface area contributed by atoms with Crippen molar-refractivity contribution < 1.29 is 4.42 Å². The van der Waals surface area contributed by atoms with Crippen molar-refractivity contribution in [3.05, 3.63) is 48.2 Å². The van der Waals surface area contributed by atoms with Gasteiger partial charge in [-0.3, -0.25) is 0 Å². The Morgan fingerprint density at radius 1 is 1.44 bits per heavy atom. The first-order valence-electron chi connectivity index (χ1n) is 5.10. The predicted octanol–water partition coefficient (Wildman–Crippen LogP) is 1.89. The highest BCUT2D eigenvalue weighted by molar-refractivity contribution is 5.25. The van der Waals surface area contributed by atoms with Gasteiger partial charge in [0.25, 0.3) is 0 Å². The number of nitrogens with zero attached hydrogens (tertiary/aromatic N) is 2. The summed E-state index contributed by atoms with van der Waals surface area (Å²) in [7, 11) is 0. The summed E-state index contributed by atoms with van der Waals surface area (Å²) in [4.78, 5) is 0. The number of rotatable bonds is 3. The fourth-order valence-electron chi connectivity index (χ4n) is 1.84. The Balaban J connectivity index is 2.46. The molecule has 0 saturated heterocycles. The molecule has 4 nitrogen and oxygen atoms in total. The van der Waals surface area contributed by atoms with Crippen molar-refractivity contribution in [1.29, 1.82) is 5.26 Å². The third kappa shape index (κ3) is 1.73. The van der Waals surface area contributed by atoms with Gasteiger partial charge in [-0.15, -0.1) is 0 Å². The lowest BCUT2D eigenvalue weighted by Crippen LogP contribution is -2.30. The Kier molecular flexibility index (Phi) is 2.80. The standard InChI is InChI=1S/C12H13N3O/c1-9(14)12(11-5-3-7-16-11)15-6-2-4-10(15)8-13/h2-7,9,12H,14H2,1H3. The SMILES string of the molecule is CC(N)C(c1ccco1)n1cccc1C#N. The Morgan fingerprint density at radius 2 is 2.25 bits per heavy atom. The van der Waals surface area contributed by atoms with E-state index in [1.165, 1.54) is 0 Å². The van der Waals surface area contributed by atoms with Crippen LogP contribution in [0.5, 0.6) is 0 Å². The van der Waals surface area contributed by atoms with E-state index in [0.29, 0.717) is 5.69 Å². The molecular weight excluding hydrogens is 202 g/mol. The molecule has 2 aromatic rings. The van der Waals surface area contributed by atoms with E-state index in [0.717, 1.165) is 5.76 Å². The monoisotopic (exact) mass is 215 g/mol. The summed E-state index contributed by atoms with van der Waals surface area (Å²) in [5.74, 6) is 0.766. The molecule has 0 aromatic carbocycles. The molecule has 2 aromatic heterocycles. The molecule has 0 aliphatic rings. The minimum atomic E-state index is -0.139. The third-order valence-corrected chi connectivity index (χ3v) is 2.53. The lowest BCUT2D eigenvalue weighted by molar-refractivity contribution is 0.390. The van der Waals surface area contributed by atoms with Crippen molar-refractivity contribution in [3.8, 4) is 6.07 Å². The summed E-state index contributed by atoms with van der Waals surface area (Å²) in [5, 5.41) is 8.99. The van der Waals surface area contributed by atoms with Crippen LogP contribution < -0.4 is 5.73 Å². The number of nitriles is 1. The van der Waals surface area contributed by atoms with Crippen LogP contribution in [0, 0.1) is 11.3 Å². The lowest BCUT2D eigenvalue weighted by atomic mass is 10.1. The van der Waals surface area contributed by atoms with Crippen molar-refractivity contribution in [2.24, 2.45) is 5.73 Å². The van der Waals surface area contributed by atoms with Crippen molar-refractivity contribution in [2.75, 3.05) is 0 Å². The summed E-state index contributed by atoms with van der Waals surface area (Å²) in [6, 6.07) is 9.15. The maximum absolute atomic E-state index is 8.99. The average molecular weight is 215 g/mol. The normalized spacial score (nSPS) is 14.3. The van der Waals surface area contributed by atoms with Gasteiger partial charge >= 0.3 is 0 Å². The van der Waals surface area contributed by atoms with Gasteiger partial charge in [0.1, 0.15) is 23.6 Å². The average Bonchev–Trinajstić information content (AvgIpc) is 2.88. The minimum absolute atomic E-state index is 0.134. The Bertz CT molecular complexity index is 491. The first-order chi connectivity index (χ1) is 7.74. The highest BCUT2D eigenvalue weighted by Crippen LogP contribution is 2.23. The molecule has 2 N–H and O–H groups in total. The van der Waals surface area contributed by atoms with E-state index >= 15 is 0 Å². The Morgan fingerprint density at radius 3 is 2.81 bits per heavy atom. The van der Waals surface area contributed by atoms with E-state index < -0.39 is 0 Å². The first-order valence-corrected chi connectivity index (χ1v) is 5.10. The number of hydrogen-bond donors (Lipinski definition) is 1. The van der Waals surface area contributed by atoms with Gasteiger partial charge in [-0.2, -0.15) is 5.26 Å². The number of furan rings is 1. The quantitative estimate of drug-likeness (QED) is 0.850.